The third kappa shape index (κ3) is 4.43. The normalized spacial score (nSPS) is 11.8. The van der Waals surface area contributed by atoms with Crippen LogP contribution >= 0.6 is 0 Å². The van der Waals surface area contributed by atoms with Crippen molar-refractivity contribution in [3.05, 3.63) is 77.9 Å². The van der Waals surface area contributed by atoms with Gasteiger partial charge in [0.15, 0.2) is 0 Å². The summed E-state index contributed by atoms with van der Waals surface area (Å²) in [7, 11) is 0. The average Bonchev–Trinajstić information content (AvgIpc) is 2.57. The van der Waals surface area contributed by atoms with Gasteiger partial charge in [0.25, 0.3) is 0 Å². The number of benzene rings is 2. The van der Waals surface area contributed by atoms with Crippen LogP contribution in [0.1, 0.15) is 31.4 Å². The minimum atomic E-state index is -0.917. The minimum Gasteiger partial charge on any atom is -0.478 e. The third-order valence-electron chi connectivity index (χ3n) is 3.71. The highest BCUT2D eigenvalue weighted by atomic mass is 16.4. The van der Waals surface area contributed by atoms with Crippen LogP contribution in [-0.4, -0.2) is 11.1 Å². The zero-order valence-electron chi connectivity index (χ0n) is 13.6. The fraction of sp³-hybridized carbons (Fsp3) is 0.190. The second kappa shape index (κ2) is 8.14. The molecule has 0 amide bonds. The van der Waals surface area contributed by atoms with Crippen molar-refractivity contribution in [3.8, 4) is 11.1 Å². The molecule has 0 aliphatic heterocycles. The van der Waals surface area contributed by atoms with Gasteiger partial charge in [-0.25, -0.2) is 4.79 Å². The molecule has 23 heavy (non-hydrogen) atoms. The Morgan fingerprint density at radius 3 is 2.04 bits per heavy atom. The lowest BCUT2D eigenvalue weighted by molar-refractivity contribution is -0.130. The van der Waals surface area contributed by atoms with Crippen molar-refractivity contribution < 1.29 is 9.90 Å². The number of carboxylic acid groups (broad SMARTS) is 1. The first-order chi connectivity index (χ1) is 11.2. The zero-order chi connectivity index (χ0) is 16.7. The van der Waals surface area contributed by atoms with Crippen LogP contribution in [0, 0.1) is 0 Å². The van der Waals surface area contributed by atoms with E-state index >= 15 is 0 Å². The highest BCUT2D eigenvalue weighted by Crippen LogP contribution is 2.23. The summed E-state index contributed by atoms with van der Waals surface area (Å²) in [6.07, 6.45) is 7.41. The van der Waals surface area contributed by atoms with E-state index in [9.17, 15) is 9.90 Å². The molecule has 0 saturated carbocycles. The first-order valence-corrected chi connectivity index (χ1v) is 7.91. The molecule has 2 heteroatoms. The number of carboxylic acids is 1. The maximum absolute atomic E-state index is 11.4. The molecule has 0 bridgehead atoms. The first kappa shape index (κ1) is 16.8. The van der Waals surface area contributed by atoms with Gasteiger partial charge in [-0.15, -0.1) is 0 Å². The summed E-state index contributed by atoms with van der Waals surface area (Å²) in [6, 6.07) is 16.2. The number of carbonyl (C=O) groups is 1. The summed E-state index contributed by atoms with van der Waals surface area (Å²) in [4.78, 5) is 11.4. The highest BCUT2D eigenvalue weighted by Gasteiger charge is 2.09. The van der Waals surface area contributed by atoms with Gasteiger partial charge < -0.3 is 5.11 Å². The van der Waals surface area contributed by atoms with Gasteiger partial charge in [-0.05, 0) is 41.7 Å². The van der Waals surface area contributed by atoms with Crippen molar-refractivity contribution in [3.63, 3.8) is 0 Å². The third-order valence-corrected chi connectivity index (χ3v) is 3.71. The average molecular weight is 306 g/mol. The van der Waals surface area contributed by atoms with E-state index in [1.54, 1.807) is 12.2 Å². The lowest BCUT2D eigenvalue weighted by Gasteiger charge is -2.06. The van der Waals surface area contributed by atoms with Gasteiger partial charge in [0.05, 0.1) is 5.57 Å². The Morgan fingerprint density at radius 1 is 1.00 bits per heavy atom. The van der Waals surface area contributed by atoms with Crippen molar-refractivity contribution in [1.82, 2.24) is 0 Å². The summed E-state index contributed by atoms with van der Waals surface area (Å²) in [5.41, 5.74) is 4.59. The Bertz CT molecular complexity index is 705. The quantitative estimate of drug-likeness (QED) is 0.577. The summed E-state index contributed by atoms with van der Waals surface area (Å²) < 4.78 is 0. The van der Waals surface area contributed by atoms with Crippen molar-refractivity contribution >= 4 is 11.5 Å². The Kier molecular flexibility index (Phi) is 5.93. The van der Waals surface area contributed by atoms with E-state index in [1.165, 1.54) is 5.56 Å². The van der Waals surface area contributed by atoms with Gasteiger partial charge in [0.1, 0.15) is 0 Å². The largest absolute Gasteiger partial charge is 0.478 e. The molecule has 0 unspecified atom stereocenters. The van der Waals surface area contributed by atoms with Crippen LogP contribution in [0.5, 0.6) is 0 Å². The smallest absolute Gasteiger partial charge is 0.336 e. The summed E-state index contributed by atoms with van der Waals surface area (Å²) in [5.74, 6) is -0.917. The molecule has 0 atom stereocenters. The van der Waals surface area contributed by atoms with Crippen LogP contribution < -0.4 is 0 Å². The van der Waals surface area contributed by atoms with Crippen LogP contribution in [0.25, 0.3) is 16.7 Å². The molecule has 2 nitrogen and oxygen atoms in total. The number of hydrogen-bond donors (Lipinski definition) is 1. The zero-order valence-corrected chi connectivity index (χ0v) is 13.6. The number of hydrogen-bond acceptors (Lipinski definition) is 1. The molecule has 0 fully saturated rings. The fourth-order valence-corrected chi connectivity index (χ4v) is 2.48. The molecule has 2 aromatic rings. The van der Waals surface area contributed by atoms with E-state index in [-0.39, 0.29) is 0 Å². The Balaban J connectivity index is 2.26. The first-order valence-electron chi connectivity index (χ1n) is 7.91. The lowest BCUT2D eigenvalue weighted by Crippen LogP contribution is -1.99. The van der Waals surface area contributed by atoms with Crippen LogP contribution in [0.2, 0.25) is 0 Å². The fourth-order valence-electron chi connectivity index (χ4n) is 2.48. The van der Waals surface area contributed by atoms with Gasteiger partial charge in [0.2, 0.25) is 0 Å². The van der Waals surface area contributed by atoms with Crippen molar-refractivity contribution in [2.75, 3.05) is 0 Å². The Labute approximate surface area is 137 Å². The molecular formula is C21H22O2. The second-order valence-corrected chi connectivity index (χ2v) is 5.44. The van der Waals surface area contributed by atoms with Crippen molar-refractivity contribution in [2.24, 2.45) is 0 Å². The summed E-state index contributed by atoms with van der Waals surface area (Å²) in [5, 5.41) is 9.32. The monoisotopic (exact) mass is 306 g/mol. The molecule has 0 saturated heterocycles. The Morgan fingerprint density at radius 2 is 1.57 bits per heavy atom. The minimum absolute atomic E-state index is 0.299. The van der Waals surface area contributed by atoms with E-state index in [0.717, 1.165) is 24.0 Å². The number of rotatable bonds is 6. The maximum atomic E-state index is 11.4. The molecule has 0 heterocycles. The molecule has 0 aliphatic rings. The molecule has 0 spiro atoms. The van der Waals surface area contributed by atoms with Crippen LogP contribution in [0.4, 0.5) is 0 Å². The molecule has 2 rings (SSSR count). The lowest BCUT2D eigenvalue weighted by atomic mass is 9.99. The Hall–Kier alpha value is -2.61. The maximum Gasteiger partial charge on any atom is 0.336 e. The topological polar surface area (TPSA) is 37.3 Å². The SMILES string of the molecule is C/C=C/C=C(/C(=O)O)c1ccc(-c2ccc(CCC)cc2)cc1. The molecule has 2 aromatic carbocycles. The number of aryl methyl sites for hydroxylation is 1. The van der Waals surface area contributed by atoms with Crippen LogP contribution in [0.15, 0.2) is 66.8 Å². The summed E-state index contributed by atoms with van der Waals surface area (Å²) >= 11 is 0. The molecule has 0 aromatic heterocycles. The van der Waals surface area contributed by atoms with Gasteiger partial charge in [0, 0.05) is 0 Å². The van der Waals surface area contributed by atoms with E-state index in [2.05, 4.69) is 31.2 Å². The summed E-state index contributed by atoms with van der Waals surface area (Å²) in [6.45, 7) is 4.04. The molecule has 0 aliphatic carbocycles. The predicted octanol–water partition coefficient (Wildman–Crippen LogP) is 5.35. The van der Waals surface area contributed by atoms with E-state index in [1.807, 2.05) is 37.3 Å². The number of allylic oxidation sites excluding steroid dienone is 3. The highest BCUT2D eigenvalue weighted by molar-refractivity contribution is 6.15. The van der Waals surface area contributed by atoms with Crippen molar-refractivity contribution in [2.45, 2.75) is 26.7 Å². The van der Waals surface area contributed by atoms with Gasteiger partial charge in [-0.2, -0.15) is 0 Å². The van der Waals surface area contributed by atoms with Gasteiger partial charge in [-0.3, -0.25) is 0 Å². The molecular weight excluding hydrogens is 284 g/mol. The molecule has 118 valence electrons. The second-order valence-electron chi connectivity index (χ2n) is 5.44. The molecule has 0 radical (unpaired) electrons. The van der Waals surface area contributed by atoms with Crippen LogP contribution in [0.3, 0.4) is 0 Å². The predicted molar refractivity (Wildman–Crippen MR) is 96.3 cm³/mol. The number of aliphatic carboxylic acids is 1. The van der Waals surface area contributed by atoms with Crippen LogP contribution in [-0.2, 0) is 11.2 Å². The van der Waals surface area contributed by atoms with Gasteiger partial charge in [-0.1, -0.05) is 74.0 Å². The van der Waals surface area contributed by atoms with E-state index in [4.69, 9.17) is 0 Å². The molecule has 1 N–H and O–H groups in total. The van der Waals surface area contributed by atoms with E-state index in [0.29, 0.717) is 11.1 Å². The standard InChI is InChI=1S/C21H22O2/c1-3-5-7-20(21(22)23)19-14-12-18(13-15-19)17-10-8-16(6-4-2)9-11-17/h3,5,7-15H,4,6H2,1-2H3,(H,22,23)/b5-3+,20-7+. The van der Waals surface area contributed by atoms with E-state index < -0.39 is 5.97 Å². The van der Waals surface area contributed by atoms with Crippen molar-refractivity contribution in [1.29, 1.82) is 0 Å². The van der Waals surface area contributed by atoms with Gasteiger partial charge >= 0.3 is 5.97 Å².